The molecule has 0 spiro atoms. The van der Waals surface area contributed by atoms with Gasteiger partial charge in [-0.1, -0.05) is 30.7 Å². The lowest BCUT2D eigenvalue weighted by Gasteiger charge is -2.24. The molecule has 1 aromatic carbocycles. The van der Waals surface area contributed by atoms with Gasteiger partial charge in [-0.3, -0.25) is 4.79 Å². The number of benzene rings is 1. The molecule has 2 nitrogen and oxygen atoms in total. The highest BCUT2D eigenvalue weighted by Gasteiger charge is 2.24. The van der Waals surface area contributed by atoms with Gasteiger partial charge >= 0.3 is 0 Å². The van der Waals surface area contributed by atoms with E-state index in [0.29, 0.717) is 12.4 Å². The van der Waals surface area contributed by atoms with Crippen LogP contribution < -0.4 is 5.32 Å². The molecule has 3 heteroatoms. The minimum Gasteiger partial charge on any atom is -0.352 e. The van der Waals surface area contributed by atoms with Crippen LogP contribution in [0.5, 0.6) is 0 Å². The monoisotopic (exact) mass is 237 g/mol. The van der Waals surface area contributed by atoms with Gasteiger partial charge in [-0.25, -0.2) is 0 Å². The van der Waals surface area contributed by atoms with Gasteiger partial charge in [0.05, 0.1) is 0 Å². The summed E-state index contributed by atoms with van der Waals surface area (Å²) < 4.78 is 0. The Kier molecular flexibility index (Phi) is 3.83. The van der Waals surface area contributed by atoms with Crippen molar-refractivity contribution in [2.45, 2.75) is 31.7 Å². The molecule has 0 saturated heterocycles. The summed E-state index contributed by atoms with van der Waals surface area (Å²) in [4.78, 5) is 11.6. The number of hydrogen-bond donors (Lipinski definition) is 1. The Labute approximate surface area is 101 Å². The largest absolute Gasteiger partial charge is 0.352 e. The van der Waals surface area contributed by atoms with E-state index in [1.807, 2.05) is 24.3 Å². The molecule has 1 saturated carbocycles. The van der Waals surface area contributed by atoms with Crippen LogP contribution in [0.3, 0.4) is 0 Å². The molecule has 0 aromatic heterocycles. The normalized spacial score (nSPS) is 15.6. The number of carbonyl (C=O) groups excluding carboxylic acids is 1. The first kappa shape index (κ1) is 11.5. The maximum absolute atomic E-state index is 11.6. The van der Waals surface area contributed by atoms with Crippen molar-refractivity contribution in [3.8, 4) is 0 Å². The van der Waals surface area contributed by atoms with Crippen LogP contribution in [0.25, 0.3) is 0 Å². The summed E-state index contributed by atoms with van der Waals surface area (Å²) in [6, 6.07) is 8.02. The predicted molar refractivity (Wildman–Crippen MR) is 65.2 cm³/mol. The minimum atomic E-state index is 0.202. The molecule has 0 bridgehead atoms. The Bertz CT molecular complexity index is 357. The van der Waals surface area contributed by atoms with Crippen LogP contribution >= 0.6 is 11.6 Å². The summed E-state index contributed by atoms with van der Waals surface area (Å²) in [6.07, 6.45) is 3.30. The molecule has 16 heavy (non-hydrogen) atoms. The zero-order chi connectivity index (χ0) is 11.4. The van der Waals surface area contributed by atoms with Crippen molar-refractivity contribution in [1.82, 2.24) is 5.32 Å². The van der Waals surface area contributed by atoms with Crippen molar-refractivity contribution in [3.63, 3.8) is 0 Å². The van der Waals surface area contributed by atoms with Crippen LogP contribution in [-0.2, 0) is 17.2 Å². The molecule has 0 radical (unpaired) electrons. The molecule has 1 aromatic rings. The van der Waals surface area contributed by atoms with Gasteiger partial charge in [-0.05, 0) is 24.0 Å². The van der Waals surface area contributed by atoms with Gasteiger partial charge in [-0.15, -0.1) is 11.6 Å². The van der Waals surface area contributed by atoms with Gasteiger partial charge in [0.2, 0.25) is 5.91 Å². The molecule has 1 N–H and O–H groups in total. The third-order valence-electron chi connectivity index (χ3n) is 3.12. The maximum atomic E-state index is 11.6. The van der Waals surface area contributed by atoms with Crippen LogP contribution in [0.15, 0.2) is 24.3 Å². The Hall–Kier alpha value is -1.02. The first-order valence-electron chi connectivity index (χ1n) is 5.71. The summed E-state index contributed by atoms with van der Waals surface area (Å²) in [5.41, 5.74) is 2.23. The number of amides is 1. The fourth-order valence-electron chi connectivity index (χ4n) is 1.75. The van der Waals surface area contributed by atoms with E-state index in [0.717, 1.165) is 24.0 Å². The van der Waals surface area contributed by atoms with Crippen molar-refractivity contribution in [1.29, 1.82) is 0 Å². The smallest absolute Gasteiger partial charge is 0.223 e. The molecule has 2 rings (SSSR count). The highest BCUT2D eigenvalue weighted by atomic mass is 35.5. The number of hydrogen-bond acceptors (Lipinski definition) is 1. The van der Waals surface area contributed by atoms with Gasteiger partial charge in [0, 0.05) is 18.3 Å². The first-order valence-corrected chi connectivity index (χ1v) is 6.24. The quantitative estimate of drug-likeness (QED) is 0.802. The number of carbonyl (C=O) groups is 1. The third kappa shape index (κ3) is 2.76. The SMILES string of the molecule is O=C(NCc1ccc(CCl)cc1)C1CCC1. The fourth-order valence-corrected chi connectivity index (χ4v) is 1.93. The molecule has 0 atom stereocenters. The lowest BCUT2D eigenvalue weighted by Crippen LogP contribution is -2.33. The van der Waals surface area contributed by atoms with Crippen LogP contribution in [0.4, 0.5) is 0 Å². The molecule has 1 aliphatic rings. The van der Waals surface area contributed by atoms with E-state index >= 15 is 0 Å². The number of halogens is 1. The Morgan fingerprint density at radius 1 is 1.25 bits per heavy atom. The summed E-state index contributed by atoms with van der Waals surface area (Å²) in [6.45, 7) is 0.623. The van der Waals surface area contributed by atoms with Crippen LogP contribution in [0.2, 0.25) is 0 Å². The van der Waals surface area contributed by atoms with E-state index in [-0.39, 0.29) is 11.8 Å². The van der Waals surface area contributed by atoms with Gasteiger partial charge in [0.1, 0.15) is 0 Å². The summed E-state index contributed by atoms with van der Waals surface area (Å²) in [7, 11) is 0. The van der Waals surface area contributed by atoms with Gasteiger partial charge in [-0.2, -0.15) is 0 Å². The van der Waals surface area contributed by atoms with E-state index in [4.69, 9.17) is 11.6 Å². The van der Waals surface area contributed by atoms with E-state index in [1.165, 1.54) is 6.42 Å². The van der Waals surface area contributed by atoms with E-state index < -0.39 is 0 Å². The van der Waals surface area contributed by atoms with Crippen LogP contribution in [0, 0.1) is 5.92 Å². The average molecular weight is 238 g/mol. The van der Waals surface area contributed by atoms with Crippen molar-refractivity contribution in [2.24, 2.45) is 5.92 Å². The predicted octanol–water partition coefficient (Wildman–Crippen LogP) is 2.84. The average Bonchev–Trinajstić information content (AvgIpc) is 2.25. The van der Waals surface area contributed by atoms with Crippen LogP contribution in [0.1, 0.15) is 30.4 Å². The van der Waals surface area contributed by atoms with Crippen LogP contribution in [-0.4, -0.2) is 5.91 Å². The second-order valence-corrected chi connectivity index (χ2v) is 4.56. The topological polar surface area (TPSA) is 29.1 Å². The van der Waals surface area contributed by atoms with Gasteiger partial charge in [0.25, 0.3) is 0 Å². The summed E-state index contributed by atoms with van der Waals surface area (Å²) >= 11 is 5.70. The molecule has 1 amide bonds. The van der Waals surface area contributed by atoms with Crippen molar-refractivity contribution in [3.05, 3.63) is 35.4 Å². The standard InChI is InChI=1S/C13H16ClNO/c14-8-10-4-6-11(7-5-10)9-15-13(16)12-2-1-3-12/h4-7,12H,1-3,8-9H2,(H,15,16). The summed E-state index contributed by atoms with van der Waals surface area (Å²) in [5, 5.41) is 2.97. The van der Waals surface area contributed by atoms with Gasteiger partial charge in [0.15, 0.2) is 0 Å². The molecule has 1 fully saturated rings. The third-order valence-corrected chi connectivity index (χ3v) is 3.43. The van der Waals surface area contributed by atoms with E-state index in [1.54, 1.807) is 0 Å². The number of alkyl halides is 1. The van der Waals surface area contributed by atoms with E-state index in [9.17, 15) is 4.79 Å². The molecule has 0 aliphatic heterocycles. The van der Waals surface area contributed by atoms with Crippen molar-refractivity contribution in [2.75, 3.05) is 0 Å². The zero-order valence-electron chi connectivity index (χ0n) is 9.21. The highest BCUT2D eigenvalue weighted by molar-refractivity contribution is 6.17. The molecule has 0 unspecified atom stereocenters. The summed E-state index contributed by atoms with van der Waals surface area (Å²) in [5.74, 6) is 1.00. The number of rotatable bonds is 4. The van der Waals surface area contributed by atoms with Gasteiger partial charge < -0.3 is 5.32 Å². The van der Waals surface area contributed by atoms with E-state index in [2.05, 4.69) is 5.32 Å². The van der Waals surface area contributed by atoms with Crippen molar-refractivity contribution < 1.29 is 4.79 Å². The Morgan fingerprint density at radius 3 is 2.38 bits per heavy atom. The second kappa shape index (κ2) is 5.35. The minimum absolute atomic E-state index is 0.202. The Morgan fingerprint density at radius 2 is 1.88 bits per heavy atom. The molecule has 86 valence electrons. The lowest BCUT2D eigenvalue weighted by atomic mass is 9.85. The first-order chi connectivity index (χ1) is 7.79. The molecule has 1 aliphatic carbocycles. The zero-order valence-corrected chi connectivity index (χ0v) is 9.96. The highest BCUT2D eigenvalue weighted by Crippen LogP contribution is 2.26. The Balaban J connectivity index is 1.81. The maximum Gasteiger partial charge on any atom is 0.223 e. The lowest BCUT2D eigenvalue weighted by molar-refractivity contribution is -0.127. The second-order valence-electron chi connectivity index (χ2n) is 4.30. The fraction of sp³-hybridized carbons (Fsp3) is 0.462. The molecule has 0 heterocycles. The van der Waals surface area contributed by atoms with Crippen molar-refractivity contribution >= 4 is 17.5 Å². The number of nitrogens with one attached hydrogen (secondary N) is 1. The molecular weight excluding hydrogens is 222 g/mol. The molecular formula is C13H16ClNO.